The number of ether oxygens (including phenoxy) is 2. The molecule has 1 aliphatic heterocycles. The average molecular weight is 753 g/mol. The third kappa shape index (κ3) is 6.02. The topological polar surface area (TPSA) is 80.2 Å². The first-order valence-electron chi connectivity index (χ1n) is 15.6. The summed E-state index contributed by atoms with van der Waals surface area (Å²) in [4.78, 5) is 20.4. The molecule has 0 aromatic heterocycles. The van der Waals surface area contributed by atoms with Gasteiger partial charge in [-0.3, -0.25) is 4.79 Å². The summed E-state index contributed by atoms with van der Waals surface area (Å²) in [5, 5.41) is 12.6. The molecule has 5 aromatic rings. The summed E-state index contributed by atoms with van der Waals surface area (Å²) in [6.07, 6.45) is 0.0923. The minimum absolute atomic E-state index is 0.0683. The second-order valence-electron chi connectivity index (χ2n) is 11.7. The van der Waals surface area contributed by atoms with Gasteiger partial charge in [0.15, 0.2) is 11.6 Å². The molecule has 0 saturated heterocycles. The number of hydrogen-bond donors (Lipinski definition) is 2. The van der Waals surface area contributed by atoms with E-state index < -0.39 is 11.6 Å². The van der Waals surface area contributed by atoms with Crippen LogP contribution < -0.4 is 10.1 Å². The van der Waals surface area contributed by atoms with Crippen LogP contribution in [0.15, 0.2) is 135 Å². The fraction of sp³-hybridized carbons (Fsp3) is 0.179. The number of nitrogens with zero attached hydrogens (tertiary/aromatic N) is 1. The van der Waals surface area contributed by atoms with Crippen molar-refractivity contribution < 1.29 is 19.4 Å². The summed E-state index contributed by atoms with van der Waals surface area (Å²) in [7, 11) is 0. The molecular weight excluding hydrogens is 720 g/mol. The predicted molar refractivity (Wildman–Crippen MR) is 191 cm³/mol. The van der Waals surface area contributed by atoms with Crippen molar-refractivity contribution in [2.24, 2.45) is 4.99 Å². The molecule has 0 unspecified atom stereocenters. The van der Waals surface area contributed by atoms with E-state index in [-0.39, 0.29) is 25.0 Å². The van der Waals surface area contributed by atoms with E-state index in [1.807, 2.05) is 97.1 Å². The normalized spacial score (nSPS) is 18.2. The van der Waals surface area contributed by atoms with E-state index in [0.717, 1.165) is 47.9 Å². The van der Waals surface area contributed by atoms with Crippen LogP contribution in [0.5, 0.6) is 5.75 Å². The molecule has 1 aliphatic carbocycles. The van der Waals surface area contributed by atoms with Gasteiger partial charge in [0.1, 0.15) is 5.75 Å². The van der Waals surface area contributed by atoms with Crippen LogP contribution in [0.25, 0.3) is 11.1 Å². The molecule has 0 radical (unpaired) electrons. The fourth-order valence-electron chi connectivity index (χ4n) is 6.45. The van der Waals surface area contributed by atoms with Crippen LogP contribution in [0, 0.1) is 0 Å². The maximum atomic E-state index is 15.2. The average Bonchev–Trinajstić information content (AvgIpc) is 3.63. The molecule has 8 heteroatoms. The fourth-order valence-corrected chi connectivity index (χ4v) is 7.36. The molecule has 0 bridgehead atoms. The summed E-state index contributed by atoms with van der Waals surface area (Å²) in [5.41, 5.74) is 5.46. The number of fused-ring (bicyclic) bond motifs is 3. The van der Waals surface area contributed by atoms with E-state index >= 15 is 4.79 Å². The number of carbonyl (C=O) groups excluding carboxylic acids is 1. The summed E-state index contributed by atoms with van der Waals surface area (Å²) < 4.78 is 14.3. The van der Waals surface area contributed by atoms with Gasteiger partial charge in [0.2, 0.25) is 5.90 Å². The zero-order valence-corrected chi connectivity index (χ0v) is 28.6. The van der Waals surface area contributed by atoms with Crippen LogP contribution in [0.4, 0.5) is 0 Å². The molecule has 2 atom stereocenters. The van der Waals surface area contributed by atoms with E-state index in [9.17, 15) is 0 Å². The number of aliphatic hydroxyl groups is 1. The Morgan fingerprint density at radius 2 is 1.38 bits per heavy atom. The number of halogens is 2. The van der Waals surface area contributed by atoms with Gasteiger partial charge in [0.05, 0.1) is 12.6 Å². The predicted octanol–water partition coefficient (Wildman–Crippen LogP) is 8.36. The first kappa shape index (κ1) is 31.4. The van der Waals surface area contributed by atoms with E-state index in [0.29, 0.717) is 24.7 Å². The zero-order valence-electron chi connectivity index (χ0n) is 25.4. The third-order valence-corrected chi connectivity index (χ3v) is 10.2. The molecule has 5 aromatic carbocycles. The van der Waals surface area contributed by atoms with Gasteiger partial charge >= 0.3 is 0 Å². The second-order valence-corrected chi connectivity index (χ2v) is 13.4. The molecule has 1 amide bonds. The van der Waals surface area contributed by atoms with Gasteiger partial charge in [-0.25, -0.2) is 4.99 Å². The SMILES string of the molecule is O=C(NC1c2ccccc2-c2ccccc21)[C@]1(Cc2ccccc2Br)N=C(c2ccc(OCCCO)cc2)O[C@@H]1c1ccccc1Br. The molecule has 2 aliphatic rings. The quantitative estimate of drug-likeness (QED) is 0.141. The molecule has 1 heterocycles. The van der Waals surface area contributed by atoms with E-state index in [1.54, 1.807) is 0 Å². The standard InChI is InChI=1S/C39H32Br2N2O4/c40-33-16-7-1-10-26(33)24-39(38(45)42-35-30-13-4-2-11-28(30)29-12-3-5-14-31(29)35)36(32-15-6-8-17-34(32)41)47-37(43-39)25-18-20-27(21-19-25)46-23-9-22-44/h1-8,10-21,35-36,44H,9,22-24H2,(H,42,45)/t36-,39-/m1/s1. The van der Waals surface area contributed by atoms with Gasteiger partial charge in [-0.1, -0.05) is 117 Å². The summed E-state index contributed by atoms with van der Waals surface area (Å²) in [5.74, 6) is 0.825. The smallest absolute Gasteiger partial charge is 0.253 e. The minimum Gasteiger partial charge on any atom is -0.494 e. The zero-order chi connectivity index (χ0) is 32.4. The van der Waals surface area contributed by atoms with Gasteiger partial charge in [0.25, 0.3) is 5.91 Å². The number of nitrogens with one attached hydrogen (secondary N) is 1. The van der Waals surface area contributed by atoms with Crippen LogP contribution in [0.3, 0.4) is 0 Å². The Kier molecular flexibility index (Phi) is 8.99. The maximum Gasteiger partial charge on any atom is 0.253 e. The Hall–Kier alpha value is -4.24. The Bertz CT molecular complexity index is 1920. The monoisotopic (exact) mass is 750 g/mol. The molecule has 236 valence electrons. The summed E-state index contributed by atoms with van der Waals surface area (Å²) >= 11 is 7.48. The van der Waals surface area contributed by atoms with Crippen molar-refractivity contribution in [3.05, 3.63) is 158 Å². The molecule has 0 fully saturated rings. The number of aliphatic hydroxyl groups excluding tert-OH is 1. The van der Waals surface area contributed by atoms with Crippen LogP contribution in [-0.2, 0) is 16.0 Å². The number of benzene rings is 5. The van der Waals surface area contributed by atoms with Crippen LogP contribution in [0.1, 0.15) is 46.4 Å². The van der Waals surface area contributed by atoms with Gasteiger partial charge in [-0.15, -0.1) is 0 Å². The lowest BCUT2D eigenvalue weighted by Crippen LogP contribution is -2.51. The van der Waals surface area contributed by atoms with Crippen molar-refractivity contribution >= 4 is 43.7 Å². The molecular formula is C39H32Br2N2O4. The Morgan fingerprint density at radius 1 is 0.787 bits per heavy atom. The number of aliphatic imine (C=N–C) groups is 1. The largest absolute Gasteiger partial charge is 0.494 e. The molecule has 6 nitrogen and oxygen atoms in total. The van der Waals surface area contributed by atoms with Gasteiger partial charge in [-0.05, 0) is 64.2 Å². The highest BCUT2D eigenvalue weighted by Gasteiger charge is 2.54. The van der Waals surface area contributed by atoms with Gasteiger partial charge in [-0.2, -0.15) is 0 Å². The van der Waals surface area contributed by atoms with Crippen molar-refractivity contribution in [3.8, 4) is 16.9 Å². The number of hydrogen-bond acceptors (Lipinski definition) is 5. The second kappa shape index (κ2) is 13.5. The highest BCUT2D eigenvalue weighted by atomic mass is 79.9. The molecule has 2 N–H and O–H groups in total. The highest BCUT2D eigenvalue weighted by Crippen LogP contribution is 2.48. The lowest BCUT2D eigenvalue weighted by Gasteiger charge is -2.33. The van der Waals surface area contributed by atoms with Crippen molar-refractivity contribution in [1.29, 1.82) is 0 Å². The van der Waals surface area contributed by atoms with Crippen molar-refractivity contribution in [2.75, 3.05) is 13.2 Å². The van der Waals surface area contributed by atoms with E-state index in [1.165, 1.54) is 0 Å². The Labute approximate surface area is 290 Å². The number of amides is 1. The van der Waals surface area contributed by atoms with E-state index in [2.05, 4.69) is 61.4 Å². The van der Waals surface area contributed by atoms with Crippen LogP contribution in [0.2, 0.25) is 0 Å². The summed E-state index contributed by atoms with van der Waals surface area (Å²) in [6, 6.07) is 39.3. The minimum atomic E-state index is -1.37. The third-order valence-electron chi connectivity index (χ3n) is 8.74. The van der Waals surface area contributed by atoms with E-state index in [4.69, 9.17) is 19.6 Å². The van der Waals surface area contributed by atoms with Crippen molar-refractivity contribution in [3.63, 3.8) is 0 Å². The first-order valence-corrected chi connectivity index (χ1v) is 17.1. The number of rotatable bonds is 10. The van der Waals surface area contributed by atoms with Gasteiger partial charge < -0.3 is 19.9 Å². The summed E-state index contributed by atoms with van der Waals surface area (Å²) in [6.45, 7) is 0.485. The molecule has 0 saturated carbocycles. The van der Waals surface area contributed by atoms with Crippen LogP contribution >= 0.6 is 31.9 Å². The first-order chi connectivity index (χ1) is 23.0. The number of carbonyl (C=O) groups is 1. The van der Waals surface area contributed by atoms with Gasteiger partial charge in [0, 0.05) is 39.5 Å². The maximum absolute atomic E-state index is 15.2. The molecule has 47 heavy (non-hydrogen) atoms. The lowest BCUT2D eigenvalue weighted by molar-refractivity contribution is -0.129. The Balaban J connectivity index is 1.35. The molecule has 0 spiro atoms. The van der Waals surface area contributed by atoms with Crippen LogP contribution in [-0.4, -0.2) is 35.7 Å². The van der Waals surface area contributed by atoms with Crippen molar-refractivity contribution in [1.82, 2.24) is 5.32 Å². The molecule has 7 rings (SSSR count). The lowest BCUT2D eigenvalue weighted by atomic mass is 9.81. The van der Waals surface area contributed by atoms with Crippen molar-refractivity contribution in [2.45, 2.75) is 30.5 Å². The highest BCUT2D eigenvalue weighted by molar-refractivity contribution is 9.10. The Morgan fingerprint density at radius 3 is 2.02 bits per heavy atom.